The molecule has 5 aromatic rings. The van der Waals surface area contributed by atoms with Gasteiger partial charge in [0.25, 0.3) is 29.5 Å². The zero-order valence-electron chi connectivity index (χ0n) is 66.0. The molecule has 8 N–H and O–H groups in total. The molecule has 31 nitrogen and oxygen atoms in total. The van der Waals surface area contributed by atoms with Crippen LogP contribution in [0.15, 0.2) is 97.3 Å². The summed E-state index contributed by atoms with van der Waals surface area (Å²) in [6.07, 6.45) is 11.5. The molecule has 0 radical (unpaired) electrons. The Morgan fingerprint density at radius 1 is 0.431 bits per heavy atom. The number of esters is 1. The van der Waals surface area contributed by atoms with Crippen molar-refractivity contribution < 1.29 is 76.4 Å². The lowest BCUT2D eigenvalue weighted by Crippen LogP contribution is -2.51. The number of aromatic nitrogens is 4. The van der Waals surface area contributed by atoms with Gasteiger partial charge in [0, 0.05) is 162 Å². The second kappa shape index (κ2) is 34.9. The van der Waals surface area contributed by atoms with E-state index in [-0.39, 0.29) is 137 Å². The highest BCUT2D eigenvalue weighted by Crippen LogP contribution is 2.59. The van der Waals surface area contributed by atoms with Crippen LogP contribution >= 0.6 is 63.7 Å². The molecule has 8 aliphatic heterocycles. The van der Waals surface area contributed by atoms with Crippen LogP contribution in [0.25, 0.3) is 0 Å². The summed E-state index contributed by atoms with van der Waals surface area (Å²) in [4.78, 5) is 142. The first-order chi connectivity index (χ1) is 55.6. The molecule has 626 valence electrons. The van der Waals surface area contributed by atoms with Crippen molar-refractivity contribution in [2.24, 2.45) is 29.4 Å². The van der Waals surface area contributed by atoms with Gasteiger partial charge in [-0.1, -0.05) is 25.1 Å². The number of likely N-dealkylation sites (tertiary alicyclic amines) is 4. The van der Waals surface area contributed by atoms with Gasteiger partial charge in [-0.3, -0.25) is 52.7 Å². The van der Waals surface area contributed by atoms with Crippen molar-refractivity contribution in [2.45, 2.75) is 201 Å². The highest BCUT2D eigenvalue weighted by molar-refractivity contribution is 9.11. The van der Waals surface area contributed by atoms with Gasteiger partial charge in [0.1, 0.15) is 45.7 Å². The Kier molecular flexibility index (Phi) is 25.5. The van der Waals surface area contributed by atoms with Crippen molar-refractivity contribution in [1.82, 2.24) is 69.8 Å². The first kappa shape index (κ1) is 84.7. The molecule has 4 saturated heterocycles. The number of nitrogens with one attached hydrogen (secondary N) is 6. The highest BCUT2D eigenvalue weighted by Gasteiger charge is 2.69. The zero-order chi connectivity index (χ0) is 82.4. The number of unbranched alkanes of at least 4 members (excludes halogenated alkanes) is 4. The van der Waals surface area contributed by atoms with Crippen molar-refractivity contribution in [3.8, 4) is 0 Å². The summed E-state index contributed by atoms with van der Waals surface area (Å²) in [5, 5.41) is 18.2. The summed E-state index contributed by atoms with van der Waals surface area (Å²) >= 11 is 14.3. The minimum Gasteiger partial charge on any atom is -0.466 e. The third-order valence-electron chi connectivity index (χ3n) is 26.1. The van der Waals surface area contributed by atoms with Crippen LogP contribution in [0.3, 0.4) is 0 Å². The van der Waals surface area contributed by atoms with Crippen molar-refractivity contribution in [3.63, 3.8) is 0 Å². The lowest BCUT2D eigenvalue weighted by Gasteiger charge is -2.36. The third-order valence-corrected chi connectivity index (χ3v) is 28.7. The fraction of sp³-hybridized carbons (Fsp3) is 0.593. The van der Waals surface area contributed by atoms with Gasteiger partial charge in [0.15, 0.2) is 0 Å². The molecular formula is C81H103Br4N15O16. The van der Waals surface area contributed by atoms with Crippen LogP contribution in [-0.2, 0) is 52.5 Å². The number of hydrogen-bond acceptors (Lipinski definition) is 17. The Labute approximate surface area is 706 Å². The van der Waals surface area contributed by atoms with Crippen LogP contribution in [0.4, 0.5) is 0 Å². The van der Waals surface area contributed by atoms with E-state index in [9.17, 15) is 52.7 Å². The van der Waals surface area contributed by atoms with Crippen LogP contribution in [0.2, 0.25) is 0 Å². The molecule has 116 heavy (non-hydrogen) atoms. The number of amides is 10. The fourth-order valence-electron chi connectivity index (χ4n) is 20.4. The quantitative estimate of drug-likeness (QED) is 0.0204. The highest BCUT2D eigenvalue weighted by atomic mass is 79.9. The third kappa shape index (κ3) is 15.4. The van der Waals surface area contributed by atoms with Crippen LogP contribution in [0, 0.1) is 23.7 Å². The second-order valence-corrected chi connectivity index (χ2v) is 35.5. The number of rotatable bonds is 26. The Morgan fingerprint density at radius 3 is 1.05 bits per heavy atom. The molecule has 0 unspecified atom stereocenters. The first-order valence-electron chi connectivity index (χ1n) is 40.4. The average molecular weight is 1860 g/mol. The van der Waals surface area contributed by atoms with Gasteiger partial charge in [-0.2, -0.15) is 0 Å². The zero-order valence-corrected chi connectivity index (χ0v) is 72.4. The van der Waals surface area contributed by atoms with Gasteiger partial charge in [0.05, 0.1) is 73.4 Å². The van der Waals surface area contributed by atoms with E-state index < -0.39 is 22.9 Å². The van der Waals surface area contributed by atoms with E-state index in [0.717, 1.165) is 63.4 Å². The van der Waals surface area contributed by atoms with Crippen LogP contribution in [0.5, 0.6) is 0 Å². The van der Waals surface area contributed by atoms with E-state index >= 15 is 0 Å². The summed E-state index contributed by atoms with van der Waals surface area (Å²) in [6.45, 7) is 7.72. The van der Waals surface area contributed by atoms with E-state index in [0.29, 0.717) is 152 Å². The first-order valence-corrected chi connectivity index (χ1v) is 43.6. The molecule has 4 saturated carbocycles. The number of ether oxygens (including phenoxy) is 5. The second-order valence-electron chi connectivity index (χ2n) is 32.2. The maximum atomic E-state index is 12.7. The van der Waals surface area contributed by atoms with E-state index in [1.54, 1.807) is 52.9 Å². The molecule has 4 aromatic heterocycles. The molecule has 12 aliphatic rings. The van der Waals surface area contributed by atoms with E-state index in [2.05, 4.69) is 95.6 Å². The van der Waals surface area contributed by atoms with Gasteiger partial charge < -0.3 is 99.2 Å². The van der Waals surface area contributed by atoms with Crippen molar-refractivity contribution >= 4 is 129 Å². The number of halogens is 4. The smallest absolute Gasteiger partial charge is 0.305 e. The Balaban J connectivity index is 0.000000128. The molecule has 16 atom stereocenters. The van der Waals surface area contributed by atoms with E-state index in [1.807, 2.05) is 99.0 Å². The molecule has 0 bridgehead atoms. The van der Waals surface area contributed by atoms with E-state index in [4.69, 9.17) is 29.4 Å². The van der Waals surface area contributed by atoms with Crippen molar-refractivity contribution in [2.75, 3.05) is 80.9 Å². The lowest BCUT2D eigenvalue weighted by molar-refractivity contribution is -0.162. The Hall–Kier alpha value is -7.77. The van der Waals surface area contributed by atoms with Crippen LogP contribution in [-0.4, -0.2) is 231 Å². The van der Waals surface area contributed by atoms with Gasteiger partial charge in [-0.25, -0.2) is 0 Å². The van der Waals surface area contributed by atoms with Crippen molar-refractivity contribution in [1.29, 1.82) is 0 Å². The molecule has 1 aromatic carbocycles. The summed E-state index contributed by atoms with van der Waals surface area (Å²) in [5.74, 6) is -0.881. The van der Waals surface area contributed by atoms with Crippen LogP contribution in [0.1, 0.15) is 206 Å². The summed E-state index contributed by atoms with van der Waals surface area (Å²) < 4.78 is 42.3. The monoisotopic (exact) mass is 1860 g/mol. The van der Waals surface area contributed by atoms with E-state index in [1.165, 1.54) is 6.92 Å². The maximum Gasteiger partial charge on any atom is 0.305 e. The summed E-state index contributed by atoms with van der Waals surface area (Å²) in [7, 11) is 7.20. The predicted molar refractivity (Wildman–Crippen MR) is 436 cm³/mol. The standard InChI is InChI=1S/C24H27BrN4O4.C21H28BrN3O5.C19H25BrN4O4.C17H23BrN4O3/c1-28-20(30)13-16-21-18(29-17(23(32)27-21)9-10-19(29)25)14-24(16,28)33-12-6-5-11-26-22(31)15-7-3-2-4-8-15;1-3-9-29-18(27)6-4-5-10-30-21-12-15-19(13(21)11-17(26)24(21)2)23-20(28)14-7-8-16(22)25(14)15;1-11(25)21-7-3-4-8-28-19-10-14-17(12(19)9-16(26)23(19)2)22-18(27)13-5-6-15(20)24(13)14;1-21-14(23)8-10-15-12(9-17(10,21)25-7-3-2-6-19)22-11(16(24)20-15)4-5-13(22)18/h2-4,7-10,16,18,21H,5-6,11-14H2,1H3,(H,26,31)(H,27,32);7-8,13,15,19H,3-6,9-12H2,1-2H3,(H,23,28);5-6,12,14,17H,3-4,7-10H2,1-2H3,(H,21,25)(H,22,27);4-5,10,12,15H,2-3,6-9,19H2,1H3,(H,20,24)/t16-,18+,21-,24-;13-,15+,19-,21-;12-,14+,17-,19-;10-,12+,15-,17-/m0000/s1. The molecule has 0 spiro atoms. The van der Waals surface area contributed by atoms with Gasteiger partial charge >= 0.3 is 5.97 Å². The molecule has 8 fully saturated rings. The normalized spacial score (nSPS) is 30.1. The topological polar surface area (TPSA) is 365 Å². The SMILES string of the molecule is CC(=O)NCCCCO[C@@]12C[C@@H]3[C@@H](NC(=O)c4ccc(Br)n43)[C@@H]1CC(=O)N2C.CCCOC(=O)CCCCO[C@@]12C[C@@H]3[C@@H](NC(=O)c4ccc(Br)n43)[C@@H]1CC(=O)N2C.CN1C(=O)C[C@H]2[C@@H]3NC(=O)c4ccc(Br)n4[C@@H]3C[C@]21OCCCCN.CN1C(=O)C[C@H]2[C@@H]3NC(=O)c4ccc(Br)n4[C@@H]3C[C@]21OCCCCNC(=O)c1ccccc1. The van der Waals surface area contributed by atoms with Gasteiger partial charge in [-0.15, -0.1) is 0 Å². The Bertz CT molecular complexity index is 4610. The van der Waals surface area contributed by atoms with Crippen LogP contribution < -0.4 is 37.6 Å². The number of carbonyl (C=O) groups is 11. The molecule has 4 aliphatic carbocycles. The molecule has 35 heteroatoms. The largest absolute Gasteiger partial charge is 0.466 e. The number of benzene rings is 1. The molecule has 12 heterocycles. The number of nitrogens with two attached hydrogens (primary N) is 1. The summed E-state index contributed by atoms with van der Waals surface area (Å²) in [5.41, 5.74) is 5.91. The molecule has 10 amide bonds. The summed E-state index contributed by atoms with van der Waals surface area (Å²) in [6, 6.07) is 23.5. The van der Waals surface area contributed by atoms with Gasteiger partial charge in [-0.05, 0) is 189 Å². The predicted octanol–water partition coefficient (Wildman–Crippen LogP) is 7.98. The number of fused-ring (bicyclic) bond motifs is 20. The number of hydrogen-bond donors (Lipinski definition) is 7. The number of nitrogens with zero attached hydrogens (tertiary/aromatic N) is 8. The minimum atomic E-state index is -0.742. The molecule has 17 rings (SSSR count). The minimum absolute atomic E-state index is 0.0200. The molecular weight excluding hydrogens is 1760 g/mol. The fourth-order valence-corrected chi connectivity index (χ4v) is 22.7. The lowest BCUT2D eigenvalue weighted by atomic mass is 9.95. The maximum absolute atomic E-state index is 12.7. The van der Waals surface area contributed by atoms with Crippen molar-refractivity contribution in [3.05, 3.63) is 126 Å². The average Bonchev–Trinajstić information content (AvgIpc) is 1.57. The Morgan fingerprint density at radius 2 is 0.741 bits per heavy atom. The number of carbonyl (C=O) groups excluding carboxylic acids is 11. The van der Waals surface area contributed by atoms with Gasteiger partial charge in [0.2, 0.25) is 29.5 Å².